The van der Waals surface area contributed by atoms with E-state index in [0.29, 0.717) is 11.4 Å². The van der Waals surface area contributed by atoms with E-state index in [4.69, 9.17) is 9.72 Å². The van der Waals surface area contributed by atoms with Crippen LogP contribution in [0.4, 0.5) is 5.69 Å². The molecule has 0 saturated carbocycles. The van der Waals surface area contributed by atoms with Gasteiger partial charge >= 0.3 is 0 Å². The summed E-state index contributed by atoms with van der Waals surface area (Å²) in [5.74, 6) is 0.512. The average Bonchev–Trinajstić information content (AvgIpc) is 3.38. The molecule has 0 aliphatic carbocycles. The molecule has 0 atom stereocenters. The van der Waals surface area contributed by atoms with Crippen molar-refractivity contribution in [2.24, 2.45) is 0 Å². The number of nitrogens with zero attached hydrogens (tertiary/aromatic N) is 2. The molecular formula is C22H19N3O2S. The normalized spacial score (nSPS) is 10.6. The molecule has 28 heavy (non-hydrogen) atoms. The highest BCUT2D eigenvalue weighted by Gasteiger charge is 2.13. The molecule has 0 unspecified atom stereocenters. The highest BCUT2D eigenvalue weighted by molar-refractivity contribution is 7.13. The van der Waals surface area contributed by atoms with E-state index in [2.05, 4.69) is 5.32 Å². The second kappa shape index (κ2) is 8.10. The molecule has 0 aliphatic rings. The number of hydrogen-bond acceptors (Lipinski definition) is 4. The van der Waals surface area contributed by atoms with E-state index in [0.717, 1.165) is 22.0 Å². The van der Waals surface area contributed by atoms with Gasteiger partial charge in [-0.05, 0) is 24.3 Å². The maximum absolute atomic E-state index is 12.6. The fourth-order valence-electron chi connectivity index (χ4n) is 2.97. The average molecular weight is 389 g/mol. The SMILES string of the molecule is COc1ccccc1NC(=O)Cn1cccc1-c1nc(-c2ccccc2)cs1. The molecule has 6 heteroatoms. The Morgan fingerprint density at radius 2 is 1.86 bits per heavy atom. The van der Waals surface area contributed by atoms with Gasteiger partial charge in [0.25, 0.3) is 0 Å². The third-order valence-electron chi connectivity index (χ3n) is 4.32. The zero-order valence-corrected chi connectivity index (χ0v) is 16.1. The van der Waals surface area contributed by atoms with Crippen molar-refractivity contribution >= 4 is 22.9 Å². The molecule has 1 N–H and O–H groups in total. The number of thiazole rings is 1. The summed E-state index contributed by atoms with van der Waals surface area (Å²) in [4.78, 5) is 17.3. The van der Waals surface area contributed by atoms with Crippen LogP contribution in [0.15, 0.2) is 78.3 Å². The molecule has 4 rings (SSSR count). The van der Waals surface area contributed by atoms with Crippen molar-refractivity contribution < 1.29 is 9.53 Å². The number of carbonyl (C=O) groups is 1. The molecule has 0 saturated heterocycles. The number of benzene rings is 2. The van der Waals surface area contributed by atoms with E-state index >= 15 is 0 Å². The Kier molecular flexibility index (Phi) is 5.21. The van der Waals surface area contributed by atoms with Gasteiger partial charge in [0.1, 0.15) is 17.3 Å². The highest BCUT2D eigenvalue weighted by Crippen LogP contribution is 2.29. The van der Waals surface area contributed by atoms with E-state index in [9.17, 15) is 4.79 Å². The lowest BCUT2D eigenvalue weighted by Crippen LogP contribution is -2.19. The van der Waals surface area contributed by atoms with Crippen LogP contribution in [-0.2, 0) is 11.3 Å². The minimum atomic E-state index is -0.123. The summed E-state index contributed by atoms with van der Waals surface area (Å²) in [5.41, 5.74) is 3.59. The second-order valence-electron chi connectivity index (χ2n) is 6.17. The van der Waals surface area contributed by atoms with Crippen LogP contribution in [0.3, 0.4) is 0 Å². The minimum Gasteiger partial charge on any atom is -0.495 e. The lowest BCUT2D eigenvalue weighted by Gasteiger charge is -2.11. The number of rotatable bonds is 6. The smallest absolute Gasteiger partial charge is 0.244 e. The van der Waals surface area contributed by atoms with Gasteiger partial charge in [0.05, 0.1) is 24.2 Å². The first-order chi connectivity index (χ1) is 13.7. The van der Waals surface area contributed by atoms with Gasteiger partial charge in [0.15, 0.2) is 0 Å². The summed E-state index contributed by atoms with van der Waals surface area (Å²) in [5, 5.41) is 5.83. The second-order valence-corrected chi connectivity index (χ2v) is 7.03. The van der Waals surface area contributed by atoms with Gasteiger partial charge < -0.3 is 14.6 Å². The molecule has 2 heterocycles. The zero-order chi connectivity index (χ0) is 19.3. The molecule has 0 radical (unpaired) electrons. The fraction of sp³-hybridized carbons (Fsp3) is 0.0909. The van der Waals surface area contributed by atoms with Gasteiger partial charge in [0.2, 0.25) is 5.91 Å². The first-order valence-electron chi connectivity index (χ1n) is 8.84. The fourth-order valence-corrected chi connectivity index (χ4v) is 3.84. The molecule has 0 spiro atoms. The third-order valence-corrected chi connectivity index (χ3v) is 5.18. The summed E-state index contributed by atoms with van der Waals surface area (Å²) in [6.07, 6.45) is 1.89. The Morgan fingerprint density at radius 1 is 1.07 bits per heavy atom. The number of aromatic nitrogens is 2. The third kappa shape index (κ3) is 3.82. The molecule has 4 aromatic rings. The summed E-state index contributed by atoms with van der Waals surface area (Å²) in [6, 6.07) is 21.3. The first kappa shape index (κ1) is 18.0. The standard InChI is InChI=1S/C22H19N3O2S/c1-27-20-12-6-5-10-17(20)23-21(26)14-25-13-7-11-19(25)22-24-18(15-28-22)16-8-3-2-4-9-16/h2-13,15H,14H2,1H3,(H,23,26). The van der Waals surface area contributed by atoms with Crippen LogP contribution in [0.25, 0.3) is 22.0 Å². The summed E-state index contributed by atoms with van der Waals surface area (Å²) < 4.78 is 7.19. The number of amides is 1. The van der Waals surface area contributed by atoms with E-state index in [1.54, 1.807) is 18.4 Å². The van der Waals surface area contributed by atoms with E-state index in [1.165, 1.54) is 0 Å². The van der Waals surface area contributed by atoms with Crippen LogP contribution < -0.4 is 10.1 Å². The number of anilines is 1. The summed E-state index contributed by atoms with van der Waals surface area (Å²) in [7, 11) is 1.59. The predicted octanol–water partition coefficient (Wildman–Crippen LogP) is 4.93. The molecule has 2 aromatic heterocycles. The maximum atomic E-state index is 12.6. The Hall–Kier alpha value is -3.38. The molecule has 2 aromatic carbocycles. The number of carbonyl (C=O) groups excluding carboxylic acids is 1. The molecule has 140 valence electrons. The molecule has 5 nitrogen and oxygen atoms in total. The van der Waals surface area contributed by atoms with Crippen molar-refractivity contribution in [2.45, 2.75) is 6.54 Å². The van der Waals surface area contributed by atoms with Crippen LogP contribution in [0.2, 0.25) is 0 Å². The Bertz CT molecular complexity index is 1090. The molecule has 1 amide bonds. The monoisotopic (exact) mass is 389 g/mol. The van der Waals surface area contributed by atoms with Crippen molar-refractivity contribution in [3.63, 3.8) is 0 Å². The van der Waals surface area contributed by atoms with Crippen molar-refractivity contribution in [1.82, 2.24) is 9.55 Å². The van der Waals surface area contributed by atoms with Gasteiger partial charge in [-0.3, -0.25) is 4.79 Å². The van der Waals surface area contributed by atoms with Crippen LogP contribution in [0.1, 0.15) is 0 Å². The first-order valence-corrected chi connectivity index (χ1v) is 9.72. The molecule has 0 aliphatic heterocycles. The van der Waals surface area contributed by atoms with Crippen molar-refractivity contribution in [2.75, 3.05) is 12.4 Å². The Labute approximate surface area is 167 Å². The van der Waals surface area contributed by atoms with Crippen LogP contribution in [0, 0.1) is 0 Å². The van der Waals surface area contributed by atoms with Crippen LogP contribution in [-0.4, -0.2) is 22.6 Å². The number of hydrogen-bond donors (Lipinski definition) is 1. The minimum absolute atomic E-state index is 0.123. The van der Waals surface area contributed by atoms with Crippen LogP contribution >= 0.6 is 11.3 Å². The van der Waals surface area contributed by atoms with E-state index in [1.807, 2.05) is 82.9 Å². The maximum Gasteiger partial charge on any atom is 0.244 e. The number of methoxy groups -OCH3 is 1. The largest absolute Gasteiger partial charge is 0.495 e. The lowest BCUT2D eigenvalue weighted by atomic mass is 10.2. The Balaban J connectivity index is 1.52. The highest BCUT2D eigenvalue weighted by atomic mass is 32.1. The van der Waals surface area contributed by atoms with Gasteiger partial charge in [-0.25, -0.2) is 4.98 Å². The van der Waals surface area contributed by atoms with Crippen molar-refractivity contribution in [3.05, 3.63) is 78.3 Å². The topological polar surface area (TPSA) is 56.1 Å². The number of para-hydroxylation sites is 2. The number of ether oxygens (including phenoxy) is 1. The summed E-state index contributed by atoms with van der Waals surface area (Å²) >= 11 is 1.57. The molecule has 0 fully saturated rings. The van der Waals surface area contributed by atoms with Gasteiger partial charge in [-0.15, -0.1) is 11.3 Å². The van der Waals surface area contributed by atoms with Gasteiger partial charge in [-0.1, -0.05) is 42.5 Å². The predicted molar refractivity (Wildman–Crippen MR) is 113 cm³/mol. The van der Waals surface area contributed by atoms with Gasteiger partial charge in [-0.2, -0.15) is 0 Å². The zero-order valence-electron chi connectivity index (χ0n) is 15.3. The van der Waals surface area contributed by atoms with Gasteiger partial charge in [0, 0.05) is 17.1 Å². The lowest BCUT2D eigenvalue weighted by molar-refractivity contribution is -0.116. The quantitative estimate of drug-likeness (QED) is 0.509. The Morgan fingerprint density at radius 3 is 2.68 bits per heavy atom. The van der Waals surface area contributed by atoms with Crippen molar-refractivity contribution in [3.8, 4) is 27.7 Å². The molecule has 0 bridgehead atoms. The van der Waals surface area contributed by atoms with Crippen molar-refractivity contribution in [1.29, 1.82) is 0 Å². The van der Waals surface area contributed by atoms with E-state index < -0.39 is 0 Å². The van der Waals surface area contributed by atoms with Crippen LogP contribution in [0.5, 0.6) is 5.75 Å². The molecular weight excluding hydrogens is 370 g/mol. The summed E-state index contributed by atoms with van der Waals surface area (Å²) in [6.45, 7) is 0.195. The number of nitrogens with one attached hydrogen (secondary N) is 1. The van der Waals surface area contributed by atoms with E-state index in [-0.39, 0.29) is 12.5 Å².